The van der Waals surface area contributed by atoms with Crippen LogP contribution in [0.2, 0.25) is 0 Å². The molecule has 22 heavy (non-hydrogen) atoms. The Morgan fingerprint density at radius 3 is 3.05 bits per heavy atom. The van der Waals surface area contributed by atoms with Crippen molar-refractivity contribution >= 4 is 33.7 Å². The van der Waals surface area contributed by atoms with Crippen LogP contribution in [0.3, 0.4) is 0 Å². The fourth-order valence-corrected chi connectivity index (χ4v) is 2.34. The van der Waals surface area contributed by atoms with E-state index in [0.29, 0.717) is 5.17 Å². The lowest BCUT2D eigenvalue weighted by atomic mass is 10.3. The number of aliphatic imine (C=N–C) groups is 1. The third-order valence-corrected chi connectivity index (χ3v) is 3.57. The average molecular weight is 308 g/mol. The van der Waals surface area contributed by atoms with Gasteiger partial charge in [0.1, 0.15) is 5.82 Å². The van der Waals surface area contributed by atoms with Crippen molar-refractivity contribution < 1.29 is 0 Å². The molecule has 6 nitrogen and oxygen atoms in total. The second-order valence-electron chi connectivity index (χ2n) is 4.39. The third-order valence-electron chi connectivity index (χ3n) is 2.99. The first kappa shape index (κ1) is 14.1. The van der Waals surface area contributed by atoms with Crippen LogP contribution < -0.4 is 5.32 Å². The van der Waals surface area contributed by atoms with Crippen molar-refractivity contribution in [2.75, 3.05) is 6.26 Å². The fourth-order valence-electron chi connectivity index (χ4n) is 2.00. The Balaban J connectivity index is 1.99. The molecule has 0 aliphatic heterocycles. The highest BCUT2D eigenvalue weighted by molar-refractivity contribution is 8.13. The zero-order valence-corrected chi connectivity index (χ0v) is 12.6. The summed E-state index contributed by atoms with van der Waals surface area (Å²) >= 11 is 1.38. The number of aromatic amines is 1. The number of nitriles is 1. The van der Waals surface area contributed by atoms with E-state index >= 15 is 0 Å². The standard InChI is InChI=1S/C15H12N6S/c1-22-15(18-9-16)19-11-4-5-12-13(7-11)21-14(20-12)10-3-2-6-17-8-10/h2-8H,1H3,(H,18,19)(H,20,21). The lowest BCUT2D eigenvalue weighted by Gasteiger charge is -1.99. The molecule has 3 rings (SSSR count). The number of hydrogen-bond acceptors (Lipinski definition) is 5. The number of aromatic nitrogens is 3. The molecule has 2 aromatic heterocycles. The molecule has 108 valence electrons. The van der Waals surface area contributed by atoms with Crippen LogP contribution in [0.25, 0.3) is 22.4 Å². The lowest BCUT2D eigenvalue weighted by molar-refractivity contribution is 1.27. The first-order valence-corrected chi connectivity index (χ1v) is 7.70. The minimum atomic E-state index is 0.550. The normalized spacial score (nSPS) is 11.4. The SMILES string of the molecule is CSC(=Nc1ccc2nc(-c3cccnc3)[nH]c2c1)NC#N. The molecule has 2 heterocycles. The molecule has 0 radical (unpaired) electrons. The highest BCUT2D eigenvalue weighted by Crippen LogP contribution is 2.24. The highest BCUT2D eigenvalue weighted by Gasteiger charge is 2.06. The van der Waals surface area contributed by atoms with Gasteiger partial charge < -0.3 is 4.98 Å². The molecular weight excluding hydrogens is 296 g/mol. The molecule has 2 N–H and O–H groups in total. The number of hydrogen-bond donors (Lipinski definition) is 2. The van der Waals surface area contributed by atoms with Gasteiger partial charge in [0.15, 0.2) is 11.4 Å². The van der Waals surface area contributed by atoms with Crippen molar-refractivity contribution in [1.82, 2.24) is 20.3 Å². The average Bonchev–Trinajstić information content (AvgIpc) is 2.98. The van der Waals surface area contributed by atoms with Crippen molar-refractivity contribution in [1.29, 1.82) is 5.26 Å². The molecule has 3 aromatic rings. The predicted molar refractivity (Wildman–Crippen MR) is 88.7 cm³/mol. The lowest BCUT2D eigenvalue weighted by Crippen LogP contribution is -2.12. The van der Waals surface area contributed by atoms with Crippen LogP contribution in [0.1, 0.15) is 0 Å². The number of thioether (sulfide) groups is 1. The van der Waals surface area contributed by atoms with Gasteiger partial charge in [-0.05, 0) is 36.6 Å². The third kappa shape index (κ3) is 2.92. The van der Waals surface area contributed by atoms with Crippen LogP contribution in [0.4, 0.5) is 5.69 Å². The van der Waals surface area contributed by atoms with Gasteiger partial charge in [0.2, 0.25) is 0 Å². The van der Waals surface area contributed by atoms with Crippen molar-refractivity contribution in [3.8, 4) is 17.6 Å². The second kappa shape index (κ2) is 6.28. The maximum atomic E-state index is 8.67. The number of fused-ring (bicyclic) bond motifs is 1. The number of H-pyrrole nitrogens is 1. The van der Waals surface area contributed by atoms with Gasteiger partial charge in [0, 0.05) is 18.0 Å². The Hall–Kier alpha value is -2.85. The Kier molecular flexibility index (Phi) is 4.03. The largest absolute Gasteiger partial charge is 0.338 e. The number of imidazole rings is 1. The van der Waals surface area contributed by atoms with Gasteiger partial charge in [0.05, 0.1) is 16.7 Å². The summed E-state index contributed by atoms with van der Waals surface area (Å²) in [5.74, 6) is 0.768. The number of nitrogens with zero attached hydrogens (tertiary/aromatic N) is 4. The van der Waals surface area contributed by atoms with E-state index in [9.17, 15) is 0 Å². The highest BCUT2D eigenvalue weighted by atomic mass is 32.2. The van der Waals surface area contributed by atoms with E-state index in [0.717, 1.165) is 28.1 Å². The molecule has 7 heteroatoms. The Labute approximate surface area is 131 Å². The minimum Gasteiger partial charge on any atom is -0.338 e. The molecule has 0 saturated carbocycles. The van der Waals surface area contributed by atoms with Crippen LogP contribution in [-0.2, 0) is 0 Å². The van der Waals surface area contributed by atoms with Crippen molar-refractivity contribution in [2.24, 2.45) is 4.99 Å². The summed E-state index contributed by atoms with van der Waals surface area (Å²) in [5.41, 5.74) is 3.43. The van der Waals surface area contributed by atoms with E-state index in [1.54, 1.807) is 12.4 Å². The quantitative estimate of drug-likeness (QED) is 0.329. The van der Waals surface area contributed by atoms with Crippen molar-refractivity contribution in [2.45, 2.75) is 0 Å². The molecule has 0 bridgehead atoms. The molecule has 0 spiro atoms. The van der Waals surface area contributed by atoms with Gasteiger partial charge in [-0.1, -0.05) is 11.8 Å². The molecule has 0 unspecified atom stereocenters. The van der Waals surface area contributed by atoms with Crippen LogP contribution in [0.15, 0.2) is 47.7 Å². The van der Waals surface area contributed by atoms with Crippen molar-refractivity contribution in [3.05, 3.63) is 42.7 Å². The van der Waals surface area contributed by atoms with E-state index in [-0.39, 0.29) is 0 Å². The number of nitrogens with one attached hydrogen (secondary N) is 2. The number of rotatable bonds is 2. The Morgan fingerprint density at radius 2 is 2.32 bits per heavy atom. The molecule has 0 amide bonds. The van der Waals surface area contributed by atoms with E-state index < -0.39 is 0 Å². The van der Waals surface area contributed by atoms with Gasteiger partial charge in [0.25, 0.3) is 0 Å². The number of benzene rings is 1. The van der Waals surface area contributed by atoms with Crippen LogP contribution in [-0.4, -0.2) is 26.4 Å². The molecule has 0 fully saturated rings. The maximum Gasteiger partial charge on any atom is 0.183 e. The Morgan fingerprint density at radius 1 is 1.41 bits per heavy atom. The topological polar surface area (TPSA) is 89.8 Å². The van der Waals surface area contributed by atoms with E-state index in [4.69, 9.17) is 5.26 Å². The molecule has 0 atom stereocenters. The van der Waals surface area contributed by atoms with Crippen LogP contribution in [0, 0.1) is 11.5 Å². The van der Waals surface area contributed by atoms with Crippen LogP contribution >= 0.6 is 11.8 Å². The summed E-state index contributed by atoms with van der Waals surface area (Å²) in [5, 5.41) is 11.8. The minimum absolute atomic E-state index is 0.550. The van der Waals surface area contributed by atoms with Gasteiger partial charge >= 0.3 is 0 Å². The first-order valence-electron chi connectivity index (χ1n) is 6.48. The molecular formula is C15H12N6S. The summed E-state index contributed by atoms with van der Waals surface area (Å²) in [6, 6.07) is 9.49. The second-order valence-corrected chi connectivity index (χ2v) is 5.18. The summed E-state index contributed by atoms with van der Waals surface area (Å²) < 4.78 is 0. The van der Waals surface area contributed by atoms with Gasteiger partial charge in [-0.2, -0.15) is 5.26 Å². The van der Waals surface area contributed by atoms with Crippen LogP contribution in [0.5, 0.6) is 0 Å². The summed E-state index contributed by atoms with van der Waals surface area (Å²) in [4.78, 5) is 16.3. The van der Waals surface area contributed by atoms with E-state index in [2.05, 4.69) is 25.3 Å². The summed E-state index contributed by atoms with van der Waals surface area (Å²) in [6.07, 6.45) is 7.22. The summed E-state index contributed by atoms with van der Waals surface area (Å²) in [6.45, 7) is 0. The van der Waals surface area contributed by atoms with E-state index in [1.807, 2.05) is 42.8 Å². The first-order chi connectivity index (χ1) is 10.8. The monoisotopic (exact) mass is 308 g/mol. The van der Waals surface area contributed by atoms with Gasteiger partial charge in [-0.25, -0.2) is 9.98 Å². The van der Waals surface area contributed by atoms with Gasteiger partial charge in [-0.15, -0.1) is 0 Å². The maximum absolute atomic E-state index is 8.67. The molecule has 1 aromatic carbocycles. The number of pyridine rings is 1. The fraction of sp³-hybridized carbons (Fsp3) is 0.0667. The zero-order valence-electron chi connectivity index (χ0n) is 11.7. The zero-order chi connectivity index (χ0) is 15.4. The number of amidine groups is 1. The van der Waals surface area contributed by atoms with E-state index in [1.165, 1.54) is 11.8 Å². The van der Waals surface area contributed by atoms with Crippen molar-refractivity contribution in [3.63, 3.8) is 0 Å². The predicted octanol–water partition coefficient (Wildman–Crippen LogP) is 3.05. The van der Waals surface area contributed by atoms with Gasteiger partial charge in [-0.3, -0.25) is 10.3 Å². The summed E-state index contributed by atoms with van der Waals surface area (Å²) in [7, 11) is 0. The Bertz CT molecular complexity index is 863. The molecule has 0 saturated heterocycles. The smallest absolute Gasteiger partial charge is 0.183 e. The molecule has 0 aliphatic rings. The molecule has 0 aliphatic carbocycles.